The number of rotatable bonds is 10. The largest absolute Gasteiger partial charge is 0.383 e. The molecule has 2 unspecified atom stereocenters. The van der Waals surface area contributed by atoms with E-state index in [1.54, 1.807) is 31.4 Å². The highest BCUT2D eigenvalue weighted by atomic mass is 32.2. The van der Waals surface area contributed by atoms with E-state index in [0.29, 0.717) is 32.3 Å². The van der Waals surface area contributed by atoms with Crippen molar-refractivity contribution in [1.29, 1.82) is 0 Å². The van der Waals surface area contributed by atoms with Crippen molar-refractivity contribution in [2.24, 2.45) is 4.99 Å². The number of hydrogen-bond acceptors (Lipinski definition) is 5. The molecule has 2 rings (SSSR count). The Labute approximate surface area is 168 Å². The van der Waals surface area contributed by atoms with Gasteiger partial charge in [-0.15, -0.1) is 0 Å². The van der Waals surface area contributed by atoms with Crippen LogP contribution in [0.2, 0.25) is 0 Å². The average Bonchev–Trinajstić information content (AvgIpc) is 3.19. The molecule has 0 aliphatic carbocycles. The minimum absolute atomic E-state index is 0.0270. The molecule has 158 valence electrons. The molecule has 8 nitrogen and oxygen atoms in total. The van der Waals surface area contributed by atoms with E-state index >= 15 is 0 Å². The molecule has 2 atom stereocenters. The lowest BCUT2D eigenvalue weighted by Crippen LogP contribution is -2.43. The van der Waals surface area contributed by atoms with E-state index in [4.69, 9.17) is 9.47 Å². The number of benzene rings is 1. The molecular weight excluding hydrogens is 380 g/mol. The van der Waals surface area contributed by atoms with Crippen molar-refractivity contribution in [3.8, 4) is 0 Å². The van der Waals surface area contributed by atoms with Crippen molar-refractivity contribution in [3.05, 3.63) is 29.8 Å². The van der Waals surface area contributed by atoms with Gasteiger partial charge in [0.05, 0.1) is 24.2 Å². The summed E-state index contributed by atoms with van der Waals surface area (Å²) in [7, 11) is -1.87. The minimum Gasteiger partial charge on any atom is -0.383 e. The van der Waals surface area contributed by atoms with Gasteiger partial charge in [-0.25, -0.2) is 18.1 Å². The van der Waals surface area contributed by atoms with Gasteiger partial charge in [0.25, 0.3) is 0 Å². The highest BCUT2D eigenvalue weighted by molar-refractivity contribution is 7.89. The quantitative estimate of drug-likeness (QED) is 0.395. The summed E-state index contributed by atoms with van der Waals surface area (Å²) < 4.78 is 38.0. The summed E-state index contributed by atoms with van der Waals surface area (Å²) in [5.74, 6) is 0.696. The maximum absolute atomic E-state index is 12.4. The van der Waals surface area contributed by atoms with Crippen molar-refractivity contribution in [2.45, 2.75) is 50.3 Å². The Bertz CT molecular complexity index is 716. The molecule has 1 aliphatic heterocycles. The number of sulfonamides is 1. The van der Waals surface area contributed by atoms with Gasteiger partial charge in [0.2, 0.25) is 10.0 Å². The number of guanidine groups is 1. The maximum Gasteiger partial charge on any atom is 0.240 e. The molecule has 0 radical (unpaired) electrons. The van der Waals surface area contributed by atoms with Crippen LogP contribution < -0.4 is 15.4 Å². The van der Waals surface area contributed by atoms with Crippen LogP contribution in [0.3, 0.4) is 0 Å². The van der Waals surface area contributed by atoms with Crippen LogP contribution in [0.15, 0.2) is 34.2 Å². The Kier molecular flexibility index (Phi) is 9.17. The molecule has 1 heterocycles. The third kappa shape index (κ3) is 7.38. The van der Waals surface area contributed by atoms with Crippen LogP contribution in [0.5, 0.6) is 0 Å². The van der Waals surface area contributed by atoms with E-state index in [9.17, 15) is 8.42 Å². The molecule has 1 aliphatic rings. The lowest BCUT2D eigenvalue weighted by atomic mass is 10.2. The van der Waals surface area contributed by atoms with Gasteiger partial charge in [-0.05, 0) is 44.4 Å². The van der Waals surface area contributed by atoms with Crippen molar-refractivity contribution >= 4 is 16.0 Å². The molecule has 9 heteroatoms. The minimum atomic E-state index is -3.53. The highest BCUT2D eigenvalue weighted by Crippen LogP contribution is 2.14. The first-order chi connectivity index (χ1) is 13.4. The Hall–Kier alpha value is -1.68. The third-order valence-electron chi connectivity index (χ3n) is 4.32. The van der Waals surface area contributed by atoms with Gasteiger partial charge in [-0.2, -0.15) is 0 Å². The highest BCUT2D eigenvalue weighted by Gasteiger charge is 2.20. The Morgan fingerprint density at radius 2 is 2.11 bits per heavy atom. The van der Waals surface area contributed by atoms with Gasteiger partial charge in [0.15, 0.2) is 5.96 Å². The van der Waals surface area contributed by atoms with Crippen LogP contribution in [0.4, 0.5) is 0 Å². The van der Waals surface area contributed by atoms with E-state index in [0.717, 1.165) is 24.9 Å². The van der Waals surface area contributed by atoms with Crippen LogP contribution in [-0.2, 0) is 26.0 Å². The van der Waals surface area contributed by atoms with Gasteiger partial charge in [-0.1, -0.05) is 12.1 Å². The molecule has 0 amide bonds. The van der Waals surface area contributed by atoms with Crippen LogP contribution >= 0.6 is 0 Å². The average molecular weight is 413 g/mol. The number of methoxy groups -OCH3 is 1. The van der Waals surface area contributed by atoms with E-state index in [-0.39, 0.29) is 17.0 Å². The topological polar surface area (TPSA) is 101 Å². The number of aliphatic imine (C=N–C) groups is 1. The van der Waals surface area contributed by atoms with Crippen molar-refractivity contribution < 1.29 is 17.9 Å². The van der Waals surface area contributed by atoms with E-state index < -0.39 is 10.0 Å². The predicted molar refractivity (Wildman–Crippen MR) is 110 cm³/mol. The summed E-state index contributed by atoms with van der Waals surface area (Å²) >= 11 is 0. The van der Waals surface area contributed by atoms with Crippen LogP contribution in [0.25, 0.3) is 0 Å². The van der Waals surface area contributed by atoms with E-state index in [1.807, 2.05) is 13.8 Å². The molecule has 0 bridgehead atoms. The second kappa shape index (κ2) is 11.4. The normalized spacial score (nSPS) is 18.8. The molecule has 28 heavy (non-hydrogen) atoms. The molecule has 0 saturated carbocycles. The first-order valence-corrected chi connectivity index (χ1v) is 11.2. The summed E-state index contributed by atoms with van der Waals surface area (Å²) in [6.07, 6.45) is 1.85. The van der Waals surface area contributed by atoms with Crippen molar-refractivity contribution in [3.63, 3.8) is 0 Å². The molecule has 1 saturated heterocycles. The Morgan fingerprint density at radius 1 is 1.36 bits per heavy atom. The summed E-state index contributed by atoms with van der Waals surface area (Å²) in [6, 6.07) is 6.91. The summed E-state index contributed by atoms with van der Waals surface area (Å²) in [4.78, 5) is 4.79. The lowest BCUT2D eigenvalue weighted by molar-refractivity contribution is 0.114. The Morgan fingerprint density at radius 3 is 2.71 bits per heavy atom. The fraction of sp³-hybridized carbons (Fsp3) is 0.632. The molecule has 1 aromatic carbocycles. The number of nitrogens with one attached hydrogen (secondary N) is 3. The van der Waals surface area contributed by atoms with Gasteiger partial charge in [-0.3, -0.25) is 0 Å². The Balaban J connectivity index is 1.94. The fourth-order valence-electron chi connectivity index (χ4n) is 2.88. The lowest BCUT2D eigenvalue weighted by Gasteiger charge is -2.17. The molecular formula is C19H32N4O4S. The van der Waals surface area contributed by atoms with Gasteiger partial charge >= 0.3 is 0 Å². The summed E-state index contributed by atoms with van der Waals surface area (Å²) in [5, 5.41) is 6.45. The standard InChI is InChI=1S/C19H32N4O4S/c1-4-20-19(23-15(2)14-26-3)21-12-16-7-9-18(10-8-16)28(24,25)22-13-17-6-5-11-27-17/h7-10,15,17,22H,4-6,11-14H2,1-3H3,(H2,20,21,23). The first-order valence-electron chi connectivity index (χ1n) is 9.68. The predicted octanol–water partition coefficient (Wildman–Crippen LogP) is 1.23. The number of hydrogen-bond donors (Lipinski definition) is 3. The first kappa shape index (κ1) is 22.6. The van der Waals surface area contributed by atoms with E-state index in [2.05, 4.69) is 20.3 Å². The van der Waals surface area contributed by atoms with Crippen LogP contribution in [0.1, 0.15) is 32.3 Å². The summed E-state index contributed by atoms with van der Waals surface area (Å²) in [6.45, 7) is 6.80. The van der Waals surface area contributed by atoms with Crippen LogP contribution in [0, 0.1) is 0 Å². The third-order valence-corrected chi connectivity index (χ3v) is 5.76. The smallest absolute Gasteiger partial charge is 0.240 e. The summed E-state index contributed by atoms with van der Waals surface area (Å²) in [5.41, 5.74) is 0.926. The van der Waals surface area contributed by atoms with Crippen molar-refractivity contribution in [2.75, 3.05) is 33.4 Å². The SMILES string of the molecule is CCNC(=NCc1ccc(S(=O)(=O)NCC2CCCO2)cc1)NC(C)COC. The molecule has 1 aromatic rings. The zero-order chi connectivity index (χ0) is 20.4. The van der Waals surface area contributed by atoms with E-state index in [1.165, 1.54) is 0 Å². The second-order valence-corrected chi connectivity index (χ2v) is 8.59. The second-order valence-electron chi connectivity index (χ2n) is 6.83. The van der Waals surface area contributed by atoms with Gasteiger partial charge in [0, 0.05) is 32.8 Å². The molecule has 3 N–H and O–H groups in total. The fourth-order valence-corrected chi connectivity index (χ4v) is 3.95. The van der Waals surface area contributed by atoms with Crippen LogP contribution in [-0.4, -0.2) is 59.9 Å². The number of nitrogens with zero attached hydrogens (tertiary/aromatic N) is 1. The van der Waals surface area contributed by atoms with Gasteiger partial charge < -0.3 is 20.1 Å². The number of ether oxygens (including phenoxy) is 2. The molecule has 0 aromatic heterocycles. The molecule has 0 spiro atoms. The van der Waals surface area contributed by atoms with Gasteiger partial charge in [0.1, 0.15) is 0 Å². The zero-order valence-corrected chi connectivity index (χ0v) is 17.7. The molecule has 1 fully saturated rings. The zero-order valence-electron chi connectivity index (χ0n) is 16.9. The monoisotopic (exact) mass is 412 g/mol. The van der Waals surface area contributed by atoms with Crippen molar-refractivity contribution in [1.82, 2.24) is 15.4 Å². The maximum atomic E-state index is 12.4.